The minimum absolute atomic E-state index is 0.00160. The fraction of sp³-hybridized carbons (Fsp3) is 0.435. The van der Waals surface area contributed by atoms with Crippen molar-refractivity contribution in [2.75, 3.05) is 6.61 Å². The van der Waals surface area contributed by atoms with Gasteiger partial charge in [0.15, 0.2) is 0 Å². The van der Waals surface area contributed by atoms with E-state index in [2.05, 4.69) is 12.1 Å². The highest BCUT2D eigenvalue weighted by atomic mass is 19.1. The summed E-state index contributed by atoms with van der Waals surface area (Å²) in [5.74, 6) is -1.20. The molecule has 0 aromatic heterocycles. The number of rotatable bonds is 2. The molecule has 4 heteroatoms. The van der Waals surface area contributed by atoms with E-state index in [4.69, 9.17) is 4.74 Å². The Morgan fingerprint density at radius 3 is 2.30 bits per heavy atom. The van der Waals surface area contributed by atoms with Crippen molar-refractivity contribution in [3.8, 4) is 11.1 Å². The zero-order chi connectivity index (χ0) is 19.3. The van der Waals surface area contributed by atoms with Crippen LogP contribution in [-0.4, -0.2) is 12.6 Å². The van der Waals surface area contributed by atoms with Crippen LogP contribution in [0.4, 0.5) is 8.78 Å². The van der Waals surface area contributed by atoms with Crippen LogP contribution in [0.15, 0.2) is 18.2 Å². The number of ether oxygens (including phenoxy) is 1. The molecule has 1 atom stereocenters. The number of halogens is 2. The lowest BCUT2D eigenvalue weighted by Crippen LogP contribution is -2.10. The fourth-order valence-electron chi connectivity index (χ4n) is 4.16. The van der Waals surface area contributed by atoms with Gasteiger partial charge in [-0.15, -0.1) is 0 Å². The first-order valence-electron chi connectivity index (χ1n) is 9.64. The Balaban J connectivity index is 1.91. The van der Waals surface area contributed by atoms with Gasteiger partial charge in [-0.25, -0.2) is 8.78 Å². The second-order valence-corrected chi connectivity index (χ2v) is 8.01. The molecule has 1 unspecified atom stereocenters. The lowest BCUT2D eigenvalue weighted by atomic mass is 9.87. The monoisotopic (exact) mass is 370 g/mol. The maximum atomic E-state index is 15.4. The summed E-state index contributed by atoms with van der Waals surface area (Å²) in [7, 11) is 0. The molecule has 142 valence electrons. The van der Waals surface area contributed by atoms with Crippen molar-refractivity contribution in [2.24, 2.45) is 0 Å². The lowest BCUT2D eigenvalue weighted by Gasteiger charge is -2.19. The molecule has 2 nitrogen and oxygen atoms in total. The summed E-state index contributed by atoms with van der Waals surface area (Å²) in [4.78, 5) is 11.8. The summed E-state index contributed by atoms with van der Waals surface area (Å²) in [5, 5.41) is 0. The molecule has 1 saturated carbocycles. The van der Waals surface area contributed by atoms with E-state index in [0.29, 0.717) is 17.0 Å². The van der Waals surface area contributed by atoms with Crippen LogP contribution in [0.5, 0.6) is 0 Å². The number of hydrogen-bond donors (Lipinski definition) is 0. The summed E-state index contributed by atoms with van der Waals surface area (Å²) < 4.78 is 35.5. The third-order valence-electron chi connectivity index (χ3n) is 5.80. The van der Waals surface area contributed by atoms with Crippen molar-refractivity contribution in [2.45, 2.75) is 58.3 Å². The van der Waals surface area contributed by atoms with Crippen LogP contribution < -0.4 is 0 Å². The zero-order valence-electron chi connectivity index (χ0n) is 16.0. The third-order valence-corrected chi connectivity index (χ3v) is 5.80. The minimum Gasteiger partial charge on any atom is -0.465 e. The zero-order valence-corrected chi connectivity index (χ0v) is 16.0. The van der Waals surface area contributed by atoms with Crippen molar-refractivity contribution in [3.63, 3.8) is 0 Å². The molecule has 0 spiro atoms. The van der Waals surface area contributed by atoms with E-state index in [0.717, 1.165) is 16.7 Å². The Morgan fingerprint density at radius 2 is 1.67 bits per heavy atom. The molecule has 0 amide bonds. The van der Waals surface area contributed by atoms with Gasteiger partial charge in [0.2, 0.25) is 0 Å². The summed E-state index contributed by atoms with van der Waals surface area (Å²) >= 11 is 0. The fourth-order valence-corrected chi connectivity index (χ4v) is 4.16. The van der Waals surface area contributed by atoms with Gasteiger partial charge in [0.05, 0.1) is 6.61 Å². The van der Waals surface area contributed by atoms with Crippen LogP contribution in [0.2, 0.25) is 0 Å². The van der Waals surface area contributed by atoms with E-state index in [-0.39, 0.29) is 30.9 Å². The number of carbonyl (C=O) groups is 1. The quantitative estimate of drug-likeness (QED) is 0.632. The topological polar surface area (TPSA) is 26.3 Å². The van der Waals surface area contributed by atoms with Gasteiger partial charge in [-0.05, 0) is 72.9 Å². The van der Waals surface area contributed by atoms with Gasteiger partial charge in [0, 0.05) is 23.5 Å². The number of esters is 1. The van der Waals surface area contributed by atoms with Gasteiger partial charge in [0.25, 0.3) is 0 Å². The van der Waals surface area contributed by atoms with Crippen LogP contribution in [0, 0.1) is 25.5 Å². The molecule has 2 aromatic rings. The van der Waals surface area contributed by atoms with Gasteiger partial charge in [-0.2, -0.15) is 0 Å². The van der Waals surface area contributed by atoms with Crippen molar-refractivity contribution >= 4 is 5.97 Å². The van der Waals surface area contributed by atoms with Gasteiger partial charge < -0.3 is 4.74 Å². The second-order valence-electron chi connectivity index (χ2n) is 8.01. The second kappa shape index (κ2) is 6.74. The first kappa shape index (κ1) is 18.1. The molecule has 1 aliphatic carbocycles. The van der Waals surface area contributed by atoms with Gasteiger partial charge in [-0.3, -0.25) is 4.79 Å². The van der Waals surface area contributed by atoms with Crippen molar-refractivity contribution in [1.82, 2.24) is 0 Å². The number of aryl methyl sites for hydroxylation is 2. The standard InChI is InChI=1S/C23H24F2O2/c1-12-8-16(15-4-5-15)9-13(2)21(12)19-10-18-14(3)11-27-20(26)7-6-17(22(18)24)23(19)25/h8-10,14-15H,4-7,11H2,1-3H3. The molecule has 2 bridgehead atoms. The average molecular weight is 370 g/mol. The van der Waals surface area contributed by atoms with E-state index in [1.165, 1.54) is 18.4 Å². The Labute approximate surface area is 158 Å². The molecule has 0 saturated heterocycles. The molecule has 4 rings (SSSR count). The molecule has 1 aliphatic heterocycles. The van der Waals surface area contributed by atoms with Crippen molar-refractivity contribution in [3.05, 3.63) is 57.7 Å². The molecular formula is C23H24F2O2. The number of carbonyl (C=O) groups excluding carboxylic acids is 1. The molecular weight excluding hydrogens is 346 g/mol. The summed E-state index contributed by atoms with van der Waals surface area (Å²) in [6.07, 6.45) is 2.43. The Bertz CT molecular complexity index is 905. The largest absolute Gasteiger partial charge is 0.465 e. The molecule has 0 radical (unpaired) electrons. The van der Waals surface area contributed by atoms with Gasteiger partial charge in [-0.1, -0.05) is 19.1 Å². The van der Waals surface area contributed by atoms with E-state index >= 15 is 4.39 Å². The van der Waals surface area contributed by atoms with Gasteiger partial charge in [0.1, 0.15) is 11.6 Å². The van der Waals surface area contributed by atoms with Crippen LogP contribution in [0.1, 0.15) is 65.8 Å². The van der Waals surface area contributed by atoms with E-state index in [1.54, 1.807) is 13.0 Å². The molecule has 1 fully saturated rings. The highest BCUT2D eigenvalue weighted by Gasteiger charge is 2.28. The van der Waals surface area contributed by atoms with Crippen LogP contribution in [0.3, 0.4) is 0 Å². The molecule has 2 aromatic carbocycles. The SMILES string of the molecule is Cc1cc(C2CC2)cc(C)c1-c1cc2c(F)c(c1F)CCC(=O)OCC2C. The van der Waals surface area contributed by atoms with E-state index in [1.807, 2.05) is 13.8 Å². The summed E-state index contributed by atoms with van der Waals surface area (Å²) in [6.45, 7) is 5.90. The van der Waals surface area contributed by atoms with Crippen LogP contribution >= 0.6 is 0 Å². The Kier molecular flexibility index (Phi) is 4.53. The van der Waals surface area contributed by atoms with Crippen LogP contribution in [0.25, 0.3) is 11.1 Å². The number of fused-ring (bicyclic) bond motifs is 2. The molecule has 0 N–H and O–H groups in total. The summed E-state index contributed by atoms with van der Waals surface area (Å²) in [5.41, 5.74) is 5.00. The lowest BCUT2D eigenvalue weighted by molar-refractivity contribution is -0.144. The first-order valence-corrected chi connectivity index (χ1v) is 9.64. The van der Waals surface area contributed by atoms with Crippen molar-refractivity contribution < 1.29 is 18.3 Å². The highest BCUT2D eigenvalue weighted by Crippen LogP contribution is 2.43. The van der Waals surface area contributed by atoms with Gasteiger partial charge >= 0.3 is 5.97 Å². The summed E-state index contributed by atoms with van der Waals surface area (Å²) in [6, 6.07) is 5.89. The van der Waals surface area contributed by atoms with E-state index < -0.39 is 17.6 Å². The highest BCUT2D eigenvalue weighted by molar-refractivity contribution is 5.75. The maximum Gasteiger partial charge on any atom is 0.306 e. The maximum absolute atomic E-state index is 15.4. The first-order chi connectivity index (χ1) is 12.9. The Hall–Kier alpha value is -2.23. The van der Waals surface area contributed by atoms with Crippen molar-refractivity contribution in [1.29, 1.82) is 0 Å². The number of cyclic esters (lactones) is 1. The normalized spacial score (nSPS) is 19.9. The molecule has 27 heavy (non-hydrogen) atoms. The molecule has 2 aliphatic rings. The average Bonchev–Trinajstić information content (AvgIpc) is 3.45. The van der Waals surface area contributed by atoms with E-state index in [9.17, 15) is 9.18 Å². The predicted octanol–water partition coefficient (Wildman–Crippen LogP) is 5.72. The number of hydrogen-bond acceptors (Lipinski definition) is 2. The predicted molar refractivity (Wildman–Crippen MR) is 101 cm³/mol. The Morgan fingerprint density at radius 1 is 1.00 bits per heavy atom. The van der Waals surface area contributed by atoms with Crippen LogP contribution in [-0.2, 0) is 16.0 Å². The third kappa shape index (κ3) is 3.26. The minimum atomic E-state index is -0.552. The number of benzene rings is 2. The molecule has 1 heterocycles. The smallest absolute Gasteiger partial charge is 0.306 e.